The Hall–Kier alpha value is -1.92. The van der Waals surface area contributed by atoms with Crippen molar-refractivity contribution in [1.82, 2.24) is 5.32 Å². The number of benzene rings is 2. The molecule has 126 valence electrons. The van der Waals surface area contributed by atoms with Crippen LogP contribution in [0.2, 0.25) is 0 Å². The second-order valence-electron chi connectivity index (χ2n) is 5.82. The molecule has 2 N–H and O–H groups in total. The second-order valence-corrected chi connectivity index (χ2v) is 6.88. The highest BCUT2D eigenvalue weighted by Crippen LogP contribution is 2.39. The smallest absolute Gasteiger partial charge is 0.228 e. The van der Waals surface area contributed by atoms with E-state index < -0.39 is 23.8 Å². The van der Waals surface area contributed by atoms with Crippen LogP contribution in [0, 0.1) is 11.6 Å². The fourth-order valence-electron chi connectivity index (χ4n) is 2.77. The van der Waals surface area contributed by atoms with Gasteiger partial charge in [-0.1, -0.05) is 24.3 Å². The fourth-order valence-corrected chi connectivity index (χ4v) is 4.00. The van der Waals surface area contributed by atoms with E-state index >= 15 is 0 Å². The van der Waals surface area contributed by atoms with Crippen LogP contribution in [0.5, 0.6) is 0 Å². The van der Waals surface area contributed by atoms with Crippen LogP contribution >= 0.6 is 11.8 Å². The van der Waals surface area contributed by atoms with Gasteiger partial charge >= 0.3 is 0 Å². The summed E-state index contributed by atoms with van der Waals surface area (Å²) in [6.07, 6.45) is -1.12. The van der Waals surface area contributed by atoms with Gasteiger partial charge in [0.25, 0.3) is 0 Å². The van der Waals surface area contributed by atoms with Crippen molar-refractivity contribution in [2.24, 2.45) is 0 Å². The molecule has 6 heteroatoms. The summed E-state index contributed by atoms with van der Waals surface area (Å²) in [6.45, 7) is 1.64. The van der Waals surface area contributed by atoms with E-state index in [1.165, 1.54) is 6.07 Å². The number of carbonyl (C=O) groups is 1. The monoisotopic (exact) mass is 349 g/mol. The van der Waals surface area contributed by atoms with Gasteiger partial charge in [0.2, 0.25) is 5.91 Å². The first-order chi connectivity index (χ1) is 11.5. The number of thioether (sulfide) groups is 1. The predicted octanol–water partition coefficient (Wildman–Crippen LogP) is 3.39. The van der Waals surface area contributed by atoms with Gasteiger partial charge in [-0.25, -0.2) is 8.78 Å². The number of aliphatic hydroxyl groups is 1. The molecule has 2 aromatic rings. The molecule has 0 fully saturated rings. The maximum Gasteiger partial charge on any atom is 0.228 e. The highest BCUT2D eigenvalue weighted by molar-refractivity contribution is 7.99. The van der Waals surface area contributed by atoms with Crippen LogP contribution in [0.15, 0.2) is 47.4 Å². The quantitative estimate of drug-likeness (QED) is 0.890. The molecule has 1 aliphatic heterocycles. The Morgan fingerprint density at radius 3 is 2.75 bits per heavy atom. The third-order valence-corrected chi connectivity index (χ3v) is 5.33. The van der Waals surface area contributed by atoms with Crippen LogP contribution in [-0.4, -0.2) is 22.8 Å². The molecule has 0 radical (unpaired) electrons. The van der Waals surface area contributed by atoms with Gasteiger partial charge in [0.1, 0.15) is 0 Å². The van der Waals surface area contributed by atoms with Gasteiger partial charge in [0.05, 0.1) is 18.1 Å². The minimum absolute atomic E-state index is 0.179. The van der Waals surface area contributed by atoms with Gasteiger partial charge in [0, 0.05) is 10.6 Å². The molecule has 24 heavy (non-hydrogen) atoms. The number of fused-ring (bicyclic) bond motifs is 1. The molecule has 3 rings (SSSR count). The second kappa shape index (κ2) is 6.91. The number of rotatable bonds is 4. The standard InChI is InChI=1S/C18H17F2NO2S/c1-10(17(22)11-6-7-14(19)15(20)8-11)21-18(23)13-9-24-16-5-3-2-4-12(13)16/h2-8,10,13,17,22H,9H2,1H3,(H,21,23). The molecular formula is C18H17F2NO2S. The van der Waals surface area contributed by atoms with Crippen LogP contribution in [0.3, 0.4) is 0 Å². The van der Waals surface area contributed by atoms with Crippen molar-refractivity contribution in [1.29, 1.82) is 0 Å². The van der Waals surface area contributed by atoms with E-state index in [1.54, 1.807) is 18.7 Å². The molecule has 0 bridgehead atoms. The van der Waals surface area contributed by atoms with Gasteiger partial charge in [-0.2, -0.15) is 0 Å². The van der Waals surface area contributed by atoms with Gasteiger partial charge in [-0.05, 0) is 36.2 Å². The molecule has 1 aliphatic rings. The lowest BCUT2D eigenvalue weighted by molar-refractivity contribution is -0.123. The molecule has 0 spiro atoms. The van der Waals surface area contributed by atoms with E-state index in [1.807, 2.05) is 24.3 Å². The maximum absolute atomic E-state index is 13.3. The Kier molecular flexibility index (Phi) is 4.87. The minimum atomic E-state index is -1.12. The zero-order valence-electron chi connectivity index (χ0n) is 13.0. The summed E-state index contributed by atoms with van der Waals surface area (Å²) >= 11 is 1.63. The van der Waals surface area contributed by atoms with Gasteiger partial charge < -0.3 is 10.4 Å². The van der Waals surface area contributed by atoms with Crippen molar-refractivity contribution >= 4 is 17.7 Å². The Morgan fingerprint density at radius 1 is 1.25 bits per heavy atom. The van der Waals surface area contributed by atoms with Crippen molar-refractivity contribution in [2.75, 3.05) is 5.75 Å². The largest absolute Gasteiger partial charge is 0.386 e. The van der Waals surface area contributed by atoms with E-state index in [9.17, 15) is 18.7 Å². The zero-order valence-corrected chi connectivity index (χ0v) is 13.8. The van der Waals surface area contributed by atoms with Gasteiger partial charge in [-0.3, -0.25) is 4.79 Å². The van der Waals surface area contributed by atoms with E-state index in [0.29, 0.717) is 5.75 Å². The summed E-state index contributed by atoms with van der Waals surface area (Å²) in [5.74, 6) is -1.79. The number of hydrogen-bond donors (Lipinski definition) is 2. The topological polar surface area (TPSA) is 49.3 Å². The fraction of sp³-hybridized carbons (Fsp3) is 0.278. The van der Waals surface area contributed by atoms with Crippen LogP contribution in [-0.2, 0) is 4.79 Å². The number of hydrogen-bond acceptors (Lipinski definition) is 3. The number of aliphatic hydroxyl groups excluding tert-OH is 1. The molecule has 3 atom stereocenters. The summed E-state index contributed by atoms with van der Waals surface area (Å²) < 4.78 is 26.3. The van der Waals surface area contributed by atoms with Gasteiger partial charge in [0.15, 0.2) is 11.6 Å². The molecule has 1 heterocycles. The van der Waals surface area contributed by atoms with Crippen molar-refractivity contribution < 1.29 is 18.7 Å². The van der Waals surface area contributed by atoms with Crippen molar-refractivity contribution in [2.45, 2.75) is 29.9 Å². The molecule has 0 aromatic heterocycles. The summed E-state index contributed by atoms with van der Waals surface area (Å²) in [4.78, 5) is 13.6. The third kappa shape index (κ3) is 3.30. The zero-order chi connectivity index (χ0) is 17.3. The summed E-state index contributed by atoms with van der Waals surface area (Å²) in [7, 11) is 0. The SMILES string of the molecule is CC(NC(=O)C1CSc2ccccc21)C(O)c1ccc(F)c(F)c1. The number of carbonyl (C=O) groups excluding carboxylic acids is 1. The molecular weight excluding hydrogens is 332 g/mol. The minimum Gasteiger partial charge on any atom is -0.386 e. The van der Waals surface area contributed by atoms with Crippen LogP contribution in [0.1, 0.15) is 30.1 Å². The first-order valence-electron chi connectivity index (χ1n) is 7.62. The highest BCUT2D eigenvalue weighted by atomic mass is 32.2. The number of amides is 1. The highest BCUT2D eigenvalue weighted by Gasteiger charge is 2.30. The normalized spacial score (nSPS) is 18.8. The first kappa shape index (κ1) is 16.9. The lowest BCUT2D eigenvalue weighted by atomic mass is 9.98. The Morgan fingerprint density at radius 2 is 2.00 bits per heavy atom. The average molecular weight is 349 g/mol. The van der Waals surface area contributed by atoms with Crippen molar-refractivity contribution in [3.05, 3.63) is 65.2 Å². The van der Waals surface area contributed by atoms with E-state index in [0.717, 1.165) is 22.6 Å². The molecule has 0 aliphatic carbocycles. The van der Waals surface area contributed by atoms with Crippen molar-refractivity contribution in [3.8, 4) is 0 Å². The third-order valence-electron chi connectivity index (χ3n) is 4.15. The van der Waals surface area contributed by atoms with Crippen molar-refractivity contribution in [3.63, 3.8) is 0 Å². The Bertz CT molecular complexity index is 768. The summed E-state index contributed by atoms with van der Waals surface area (Å²) in [5.41, 5.74) is 1.21. The van der Waals surface area contributed by atoms with Crippen LogP contribution in [0.25, 0.3) is 0 Å². The summed E-state index contributed by atoms with van der Waals surface area (Å²) in [5, 5.41) is 13.1. The number of halogens is 2. The molecule has 3 unspecified atom stereocenters. The van der Waals surface area contributed by atoms with Gasteiger partial charge in [-0.15, -0.1) is 11.8 Å². The Labute approximate surface area is 143 Å². The van der Waals surface area contributed by atoms with E-state index in [4.69, 9.17) is 0 Å². The Balaban J connectivity index is 1.69. The molecule has 0 saturated heterocycles. The molecule has 2 aromatic carbocycles. The first-order valence-corrected chi connectivity index (χ1v) is 8.61. The predicted molar refractivity (Wildman–Crippen MR) is 88.8 cm³/mol. The average Bonchev–Trinajstić information content (AvgIpc) is 3.00. The van der Waals surface area contributed by atoms with E-state index in [-0.39, 0.29) is 17.4 Å². The molecule has 0 saturated carbocycles. The lowest BCUT2D eigenvalue weighted by Crippen LogP contribution is -2.40. The van der Waals surface area contributed by atoms with Crippen LogP contribution < -0.4 is 5.32 Å². The number of nitrogens with one attached hydrogen (secondary N) is 1. The maximum atomic E-state index is 13.3. The molecule has 1 amide bonds. The van der Waals surface area contributed by atoms with Crippen LogP contribution in [0.4, 0.5) is 8.78 Å². The van der Waals surface area contributed by atoms with E-state index in [2.05, 4.69) is 5.32 Å². The summed E-state index contributed by atoms with van der Waals surface area (Å²) in [6, 6.07) is 10.3. The lowest BCUT2D eigenvalue weighted by Gasteiger charge is -2.22. The molecule has 3 nitrogen and oxygen atoms in total.